The van der Waals surface area contributed by atoms with Gasteiger partial charge in [0, 0.05) is 7.11 Å². The molecule has 0 radical (unpaired) electrons. The van der Waals surface area contributed by atoms with E-state index in [9.17, 15) is 13.2 Å². The summed E-state index contributed by atoms with van der Waals surface area (Å²) < 4.78 is 29.8. The average Bonchev–Trinajstić information content (AvgIpc) is 2.90. The van der Waals surface area contributed by atoms with E-state index in [2.05, 4.69) is 5.10 Å². The number of methoxy groups -OCH3 is 1. The van der Waals surface area contributed by atoms with Gasteiger partial charge in [-0.1, -0.05) is 11.8 Å². The molecule has 2 rings (SSSR count). The molecule has 0 aliphatic carbocycles. The Morgan fingerprint density at radius 3 is 2.95 bits per heavy atom. The number of carboxylic acids is 1. The van der Waals surface area contributed by atoms with Crippen LogP contribution in [0.4, 0.5) is 0 Å². The molecule has 1 aromatic heterocycles. The number of hydrogen-bond acceptors (Lipinski definition) is 6. The molecule has 1 aromatic rings. The molecular weight excluding hydrogens is 304 g/mol. The van der Waals surface area contributed by atoms with Crippen LogP contribution in [0, 0.1) is 0 Å². The van der Waals surface area contributed by atoms with Crippen LogP contribution in [0.25, 0.3) is 0 Å². The average molecular weight is 320 g/mol. The van der Waals surface area contributed by atoms with Crippen molar-refractivity contribution >= 4 is 27.6 Å². The SMILES string of the molecule is COCc1cc(SCC(=O)O)n(C2CCS(=O)(=O)C2)n1. The zero-order valence-electron chi connectivity index (χ0n) is 11.0. The molecule has 1 saturated heterocycles. The van der Waals surface area contributed by atoms with Crippen molar-refractivity contribution in [2.45, 2.75) is 24.1 Å². The maximum absolute atomic E-state index is 11.6. The third-order valence-electron chi connectivity index (χ3n) is 2.94. The van der Waals surface area contributed by atoms with Crippen molar-refractivity contribution in [1.82, 2.24) is 9.78 Å². The molecule has 0 bridgehead atoms. The van der Waals surface area contributed by atoms with E-state index in [1.165, 1.54) is 0 Å². The first kappa shape index (κ1) is 15.3. The molecule has 7 nitrogen and oxygen atoms in total. The van der Waals surface area contributed by atoms with Gasteiger partial charge in [0.15, 0.2) is 9.84 Å². The van der Waals surface area contributed by atoms with Crippen molar-refractivity contribution in [3.8, 4) is 0 Å². The lowest BCUT2D eigenvalue weighted by atomic mass is 10.3. The van der Waals surface area contributed by atoms with Gasteiger partial charge in [0.25, 0.3) is 0 Å². The molecule has 1 aliphatic rings. The lowest BCUT2D eigenvalue weighted by Gasteiger charge is -2.12. The van der Waals surface area contributed by atoms with Gasteiger partial charge < -0.3 is 9.84 Å². The second kappa shape index (κ2) is 6.15. The smallest absolute Gasteiger partial charge is 0.313 e. The minimum Gasteiger partial charge on any atom is -0.481 e. The number of ether oxygens (including phenoxy) is 1. The van der Waals surface area contributed by atoms with Gasteiger partial charge in [-0.2, -0.15) is 5.10 Å². The first-order valence-corrected chi connectivity index (χ1v) is 8.84. The Morgan fingerprint density at radius 2 is 2.40 bits per heavy atom. The molecule has 1 unspecified atom stereocenters. The minimum absolute atomic E-state index is 0.0573. The van der Waals surface area contributed by atoms with Crippen molar-refractivity contribution < 1.29 is 23.1 Å². The number of sulfone groups is 1. The normalized spacial score (nSPS) is 21.1. The third-order valence-corrected chi connectivity index (χ3v) is 5.68. The Bertz CT molecular complexity index is 596. The second-order valence-electron chi connectivity index (χ2n) is 4.59. The van der Waals surface area contributed by atoms with Gasteiger partial charge in [-0.05, 0) is 12.5 Å². The highest BCUT2D eigenvalue weighted by Gasteiger charge is 2.31. The summed E-state index contributed by atoms with van der Waals surface area (Å²) in [4.78, 5) is 10.7. The molecule has 9 heteroatoms. The van der Waals surface area contributed by atoms with E-state index in [4.69, 9.17) is 9.84 Å². The standard InChI is InChI=1S/C11H16N2O5S2/c1-18-5-8-4-10(19-6-11(14)15)13(12-8)9-2-3-20(16,17)7-9/h4,9H,2-3,5-7H2,1H3,(H,14,15). The number of hydrogen-bond donors (Lipinski definition) is 1. The maximum atomic E-state index is 11.6. The summed E-state index contributed by atoms with van der Waals surface area (Å²) in [5.74, 6) is -0.797. The Hall–Kier alpha value is -1.06. The van der Waals surface area contributed by atoms with Crippen LogP contribution >= 0.6 is 11.8 Å². The largest absolute Gasteiger partial charge is 0.481 e. The molecular formula is C11H16N2O5S2. The van der Waals surface area contributed by atoms with Crippen molar-refractivity contribution in [3.63, 3.8) is 0 Å². The Morgan fingerprint density at radius 1 is 1.65 bits per heavy atom. The minimum atomic E-state index is -3.01. The molecule has 0 amide bonds. The van der Waals surface area contributed by atoms with Crippen LogP contribution in [0.5, 0.6) is 0 Å². The maximum Gasteiger partial charge on any atom is 0.313 e. The van der Waals surface area contributed by atoms with Gasteiger partial charge in [0.05, 0.1) is 40.6 Å². The Balaban J connectivity index is 2.22. The molecule has 20 heavy (non-hydrogen) atoms. The van der Waals surface area contributed by atoms with Gasteiger partial charge in [-0.15, -0.1) is 0 Å². The molecule has 2 heterocycles. The number of rotatable bonds is 6. The van der Waals surface area contributed by atoms with Crippen molar-refractivity contribution in [1.29, 1.82) is 0 Å². The fraction of sp³-hybridized carbons (Fsp3) is 0.636. The van der Waals surface area contributed by atoms with E-state index in [1.54, 1.807) is 17.9 Å². The quantitative estimate of drug-likeness (QED) is 0.765. The first-order valence-electron chi connectivity index (χ1n) is 6.03. The number of thioether (sulfide) groups is 1. The highest BCUT2D eigenvalue weighted by molar-refractivity contribution is 7.99. The Kier molecular flexibility index (Phi) is 4.71. The number of carbonyl (C=O) groups is 1. The third kappa shape index (κ3) is 3.74. The fourth-order valence-corrected chi connectivity index (χ4v) is 4.62. The van der Waals surface area contributed by atoms with Crippen molar-refractivity contribution in [2.75, 3.05) is 24.4 Å². The molecule has 0 spiro atoms. The molecule has 1 fully saturated rings. The monoisotopic (exact) mass is 320 g/mol. The summed E-state index contributed by atoms with van der Waals surface area (Å²) in [6.45, 7) is 0.313. The number of nitrogens with zero attached hydrogens (tertiary/aromatic N) is 2. The second-order valence-corrected chi connectivity index (χ2v) is 7.82. The van der Waals surface area contributed by atoms with E-state index in [1.807, 2.05) is 0 Å². The first-order chi connectivity index (χ1) is 9.41. The fourth-order valence-electron chi connectivity index (χ4n) is 2.12. The lowest BCUT2D eigenvalue weighted by molar-refractivity contribution is -0.133. The van der Waals surface area contributed by atoms with Gasteiger partial charge >= 0.3 is 5.97 Å². The molecule has 1 N–H and O–H groups in total. The highest BCUT2D eigenvalue weighted by atomic mass is 32.2. The van der Waals surface area contributed by atoms with Crippen LogP contribution in [0.15, 0.2) is 11.1 Å². The van der Waals surface area contributed by atoms with Crippen LogP contribution in [0.3, 0.4) is 0 Å². The topological polar surface area (TPSA) is 98.5 Å². The number of carboxylic acid groups (broad SMARTS) is 1. The van der Waals surface area contributed by atoms with Gasteiger partial charge in [-0.25, -0.2) is 8.42 Å². The summed E-state index contributed by atoms with van der Waals surface area (Å²) in [5, 5.41) is 13.8. The van der Waals surface area contributed by atoms with E-state index in [-0.39, 0.29) is 23.3 Å². The highest BCUT2D eigenvalue weighted by Crippen LogP contribution is 2.29. The molecule has 0 aromatic carbocycles. The molecule has 112 valence electrons. The van der Waals surface area contributed by atoms with Crippen LogP contribution < -0.4 is 0 Å². The van der Waals surface area contributed by atoms with E-state index < -0.39 is 15.8 Å². The van der Waals surface area contributed by atoms with Crippen LogP contribution in [0.1, 0.15) is 18.2 Å². The van der Waals surface area contributed by atoms with E-state index in [0.717, 1.165) is 11.8 Å². The van der Waals surface area contributed by atoms with Gasteiger partial charge in [0.1, 0.15) is 0 Å². The summed E-state index contributed by atoms with van der Waals surface area (Å²) in [6, 6.07) is 1.53. The zero-order valence-corrected chi connectivity index (χ0v) is 12.6. The summed E-state index contributed by atoms with van der Waals surface area (Å²) in [5.41, 5.74) is 0.671. The molecule has 1 aliphatic heterocycles. The van der Waals surface area contributed by atoms with E-state index >= 15 is 0 Å². The molecule has 0 saturated carbocycles. The summed E-state index contributed by atoms with van der Waals surface area (Å²) in [7, 11) is -1.47. The van der Waals surface area contributed by atoms with Crippen molar-refractivity contribution in [2.24, 2.45) is 0 Å². The van der Waals surface area contributed by atoms with Crippen LogP contribution in [0.2, 0.25) is 0 Å². The number of aliphatic carboxylic acids is 1. The van der Waals surface area contributed by atoms with E-state index in [0.29, 0.717) is 23.7 Å². The van der Waals surface area contributed by atoms with Crippen LogP contribution in [-0.2, 0) is 26.0 Å². The summed E-state index contributed by atoms with van der Waals surface area (Å²) in [6.07, 6.45) is 0.511. The predicted molar refractivity (Wildman–Crippen MR) is 73.6 cm³/mol. The lowest BCUT2D eigenvalue weighted by Crippen LogP contribution is -2.14. The van der Waals surface area contributed by atoms with Gasteiger partial charge in [0.2, 0.25) is 0 Å². The molecule has 1 atom stereocenters. The van der Waals surface area contributed by atoms with Gasteiger partial charge in [-0.3, -0.25) is 9.48 Å². The predicted octanol–water partition coefficient (Wildman–Crippen LogP) is 0.566. The number of aromatic nitrogens is 2. The van der Waals surface area contributed by atoms with Crippen molar-refractivity contribution in [3.05, 3.63) is 11.8 Å². The Labute approximate surface area is 121 Å². The summed E-state index contributed by atoms with van der Waals surface area (Å²) >= 11 is 1.14. The van der Waals surface area contributed by atoms with Crippen LogP contribution in [-0.4, -0.2) is 53.6 Å². The zero-order chi connectivity index (χ0) is 14.8.